The summed E-state index contributed by atoms with van der Waals surface area (Å²) in [5, 5.41) is 3.26. The van der Waals surface area contributed by atoms with Gasteiger partial charge in [0.25, 0.3) is 0 Å². The van der Waals surface area contributed by atoms with Crippen molar-refractivity contribution in [2.75, 3.05) is 20.1 Å². The minimum atomic E-state index is 0.0820. The van der Waals surface area contributed by atoms with Gasteiger partial charge in [-0.25, -0.2) is 0 Å². The van der Waals surface area contributed by atoms with Crippen LogP contribution in [0.4, 0.5) is 0 Å². The highest BCUT2D eigenvalue weighted by atomic mass is 16.2. The van der Waals surface area contributed by atoms with Gasteiger partial charge in [0, 0.05) is 24.5 Å². The van der Waals surface area contributed by atoms with Crippen molar-refractivity contribution in [2.45, 2.75) is 18.9 Å². The summed E-state index contributed by atoms with van der Waals surface area (Å²) in [6.45, 7) is 5.36. The highest BCUT2D eigenvalue weighted by molar-refractivity contribution is 5.87. The third-order valence-electron chi connectivity index (χ3n) is 3.31. The first-order chi connectivity index (χ1) is 6.19. The predicted octanol–water partition coefficient (Wildman–Crippen LogP) is 0.383. The molecule has 3 heteroatoms. The molecule has 1 N–H and O–H groups in total. The monoisotopic (exact) mass is 180 g/mol. The van der Waals surface area contributed by atoms with Gasteiger partial charge >= 0.3 is 0 Å². The van der Waals surface area contributed by atoms with E-state index in [1.165, 1.54) is 18.9 Å². The van der Waals surface area contributed by atoms with Gasteiger partial charge in [0.05, 0.1) is 0 Å². The maximum atomic E-state index is 11.2. The van der Waals surface area contributed by atoms with Crippen LogP contribution in [-0.4, -0.2) is 37.0 Å². The van der Waals surface area contributed by atoms with Gasteiger partial charge in [-0.2, -0.15) is 0 Å². The van der Waals surface area contributed by atoms with Crippen LogP contribution in [0, 0.1) is 5.41 Å². The van der Waals surface area contributed by atoms with Crippen molar-refractivity contribution in [1.29, 1.82) is 0 Å². The van der Waals surface area contributed by atoms with E-state index in [2.05, 4.69) is 11.9 Å². The second kappa shape index (κ2) is 2.84. The lowest BCUT2D eigenvalue weighted by molar-refractivity contribution is -0.146. The Kier molecular flexibility index (Phi) is 1.91. The van der Waals surface area contributed by atoms with Crippen molar-refractivity contribution >= 4 is 5.91 Å². The fourth-order valence-corrected chi connectivity index (χ4v) is 2.50. The minimum Gasteiger partial charge on any atom is -0.338 e. The maximum absolute atomic E-state index is 11.2. The van der Waals surface area contributed by atoms with E-state index in [9.17, 15) is 4.79 Å². The highest BCUT2D eigenvalue weighted by Crippen LogP contribution is 2.48. The summed E-state index contributed by atoms with van der Waals surface area (Å²) >= 11 is 0. The van der Waals surface area contributed by atoms with Crippen molar-refractivity contribution in [3.63, 3.8) is 0 Å². The second-order valence-electron chi connectivity index (χ2n) is 4.29. The number of nitrogens with one attached hydrogen (secondary N) is 1. The summed E-state index contributed by atoms with van der Waals surface area (Å²) < 4.78 is 0. The molecule has 1 spiro atoms. The van der Waals surface area contributed by atoms with Crippen molar-refractivity contribution in [1.82, 2.24) is 10.2 Å². The Hall–Kier alpha value is -0.830. The van der Waals surface area contributed by atoms with Gasteiger partial charge in [0.1, 0.15) is 0 Å². The molecule has 0 atom stereocenters. The number of carbonyl (C=O) groups excluding carboxylic acids is 1. The first-order valence-corrected chi connectivity index (χ1v) is 4.78. The summed E-state index contributed by atoms with van der Waals surface area (Å²) in [4.78, 5) is 13.0. The number of hydrogen-bond acceptors (Lipinski definition) is 2. The van der Waals surface area contributed by atoms with Crippen LogP contribution in [0.2, 0.25) is 0 Å². The molecule has 2 rings (SSSR count). The molecule has 1 aliphatic heterocycles. The average Bonchev–Trinajstić information content (AvgIpc) is 1.99. The van der Waals surface area contributed by atoms with E-state index in [1.807, 2.05) is 11.9 Å². The first-order valence-electron chi connectivity index (χ1n) is 4.78. The first kappa shape index (κ1) is 8.75. The van der Waals surface area contributed by atoms with Crippen molar-refractivity contribution < 1.29 is 4.79 Å². The van der Waals surface area contributed by atoms with E-state index < -0.39 is 0 Å². The Balaban J connectivity index is 1.79. The Bertz CT molecular complexity index is 235. The zero-order valence-corrected chi connectivity index (χ0v) is 8.05. The fourth-order valence-electron chi connectivity index (χ4n) is 2.50. The van der Waals surface area contributed by atoms with Crippen molar-refractivity contribution in [3.8, 4) is 0 Å². The number of amides is 1. The molecule has 3 nitrogen and oxygen atoms in total. The van der Waals surface area contributed by atoms with Gasteiger partial charge in [-0.15, -0.1) is 0 Å². The zero-order valence-electron chi connectivity index (χ0n) is 8.05. The molecule has 0 radical (unpaired) electrons. The average molecular weight is 180 g/mol. The van der Waals surface area contributed by atoms with E-state index in [0.717, 1.165) is 13.1 Å². The molecule has 0 aromatic carbocycles. The molecular weight excluding hydrogens is 164 g/mol. The molecule has 1 heterocycles. The fraction of sp³-hybridized carbons (Fsp3) is 0.700. The largest absolute Gasteiger partial charge is 0.338 e. The van der Waals surface area contributed by atoms with Crippen LogP contribution in [0.25, 0.3) is 0 Å². The Morgan fingerprint density at radius 3 is 2.69 bits per heavy atom. The Morgan fingerprint density at radius 2 is 2.23 bits per heavy atom. The molecule has 1 saturated heterocycles. The number of likely N-dealkylation sites (tertiary alicyclic amines) is 1. The lowest BCUT2D eigenvalue weighted by Gasteiger charge is -2.58. The number of hydrogen-bond donors (Lipinski definition) is 1. The van der Waals surface area contributed by atoms with Gasteiger partial charge in [0.2, 0.25) is 5.91 Å². The molecule has 72 valence electrons. The van der Waals surface area contributed by atoms with E-state index >= 15 is 0 Å². The topological polar surface area (TPSA) is 32.3 Å². The molecule has 0 aromatic heterocycles. The molecule has 0 unspecified atom stereocenters. The van der Waals surface area contributed by atoms with Gasteiger partial charge in [-0.05, 0) is 26.0 Å². The van der Waals surface area contributed by atoms with E-state index in [1.54, 1.807) is 0 Å². The van der Waals surface area contributed by atoms with Gasteiger partial charge in [-0.1, -0.05) is 6.58 Å². The molecule has 1 saturated carbocycles. The van der Waals surface area contributed by atoms with E-state index in [4.69, 9.17) is 0 Å². The molecule has 2 fully saturated rings. The molecule has 13 heavy (non-hydrogen) atoms. The van der Waals surface area contributed by atoms with Crippen LogP contribution in [0.1, 0.15) is 12.8 Å². The summed E-state index contributed by atoms with van der Waals surface area (Å²) in [6.07, 6.45) is 3.86. The molecule has 1 amide bonds. The lowest BCUT2D eigenvalue weighted by atomic mass is 9.60. The third-order valence-corrected chi connectivity index (χ3v) is 3.31. The molecule has 1 aliphatic carbocycles. The van der Waals surface area contributed by atoms with Gasteiger partial charge in [0.15, 0.2) is 0 Å². The van der Waals surface area contributed by atoms with Gasteiger partial charge in [-0.3, -0.25) is 4.79 Å². The lowest BCUT2D eigenvalue weighted by Crippen LogP contribution is -2.66. The van der Waals surface area contributed by atoms with Gasteiger partial charge < -0.3 is 10.2 Å². The van der Waals surface area contributed by atoms with Crippen LogP contribution in [0.3, 0.4) is 0 Å². The molecule has 0 bridgehead atoms. The standard InChI is InChI=1S/C10H16N2O/c1-3-9(13)12-6-10(7-12)4-8(5-10)11-2/h3,8,11H,1,4-7H2,2H3. The molecule has 0 aromatic rings. The van der Waals surface area contributed by atoms with Crippen LogP contribution in [0.5, 0.6) is 0 Å². The highest BCUT2D eigenvalue weighted by Gasteiger charge is 2.52. The number of nitrogens with zero attached hydrogens (tertiary/aromatic N) is 1. The minimum absolute atomic E-state index is 0.0820. The van der Waals surface area contributed by atoms with Crippen LogP contribution in [-0.2, 0) is 4.79 Å². The molecule has 2 aliphatic rings. The summed E-state index contributed by atoms with van der Waals surface area (Å²) in [5.41, 5.74) is 0.465. The second-order valence-corrected chi connectivity index (χ2v) is 4.29. The van der Waals surface area contributed by atoms with E-state index in [0.29, 0.717) is 11.5 Å². The smallest absolute Gasteiger partial charge is 0.245 e. The zero-order chi connectivity index (χ0) is 9.47. The van der Waals surface area contributed by atoms with E-state index in [-0.39, 0.29) is 5.91 Å². The normalized spacial score (nSPS) is 25.2. The summed E-state index contributed by atoms with van der Waals surface area (Å²) in [5.74, 6) is 0.0820. The summed E-state index contributed by atoms with van der Waals surface area (Å²) in [7, 11) is 2.00. The Morgan fingerprint density at radius 1 is 1.62 bits per heavy atom. The van der Waals surface area contributed by atoms with Crippen LogP contribution < -0.4 is 5.32 Å². The Labute approximate surface area is 78.8 Å². The van der Waals surface area contributed by atoms with Crippen LogP contribution >= 0.6 is 0 Å². The number of rotatable bonds is 2. The maximum Gasteiger partial charge on any atom is 0.245 e. The number of carbonyl (C=O) groups is 1. The predicted molar refractivity (Wildman–Crippen MR) is 51.3 cm³/mol. The summed E-state index contributed by atoms with van der Waals surface area (Å²) in [6, 6.07) is 0.681. The van der Waals surface area contributed by atoms with Crippen molar-refractivity contribution in [2.24, 2.45) is 5.41 Å². The SMILES string of the molecule is C=CC(=O)N1CC2(CC(NC)C2)C1. The van der Waals surface area contributed by atoms with Crippen molar-refractivity contribution in [3.05, 3.63) is 12.7 Å². The third kappa shape index (κ3) is 1.27. The molecular formula is C10H16N2O. The van der Waals surface area contributed by atoms with Crippen LogP contribution in [0.15, 0.2) is 12.7 Å². The quantitative estimate of drug-likeness (QED) is 0.623.